The first-order valence-electron chi connectivity index (χ1n) is 10.2. The number of carboxylic acid groups (broad SMARTS) is 1. The molecule has 0 aliphatic rings. The summed E-state index contributed by atoms with van der Waals surface area (Å²) >= 11 is 8.02. The Bertz CT molecular complexity index is 584. The van der Waals surface area contributed by atoms with E-state index >= 15 is 0 Å². The molecule has 4 atom stereocenters. The number of thiol groups is 2. The van der Waals surface area contributed by atoms with Crippen LogP contribution in [-0.4, -0.2) is 77.6 Å². The van der Waals surface area contributed by atoms with Gasteiger partial charge in [0.05, 0.1) is 6.04 Å². The van der Waals surface area contributed by atoms with E-state index in [1.807, 2.05) is 0 Å². The van der Waals surface area contributed by atoms with Gasteiger partial charge >= 0.3 is 5.97 Å². The number of aliphatic carboxylic acids is 1. The van der Waals surface area contributed by atoms with Crippen molar-refractivity contribution in [1.82, 2.24) is 16.0 Å². The zero-order valence-corrected chi connectivity index (χ0v) is 19.4. The average molecular weight is 481 g/mol. The maximum Gasteiger partial charge on any atom is 0.326 e. The quantitative estimate of drug-likeness (QED) is 0.0837. The van der Waals surface area contributed by atoms with Gasteiger partial charge in [-0.1, -0.05) is 0 Å². The van der Waals surface area contributed by atoms with Crippen molar-refractivity contribution >= 4 is 48.9 Å². The number of hydrogen-bond donors (Lipinski definition) is 9. The molecule has 0 radical (unpaired) electrons. The Morgan fingerprint density at radius 1 is 0.710 bits per heavy atom. The van der Waals surface area contributed by atoms with Gasteiger partial charge in [-0.05, 0) is 51.6 Å². The van der Waals surface area contributed by atoms with Gasteiger partial charge in [0.2, 0.25) is 17.7 Å². The fourth-order valence-electron chi connectivity index (χ4n) is 2.61. The van der Waals surface area contributed by atoms with Crippen LogP contribution in [0, 0.1) is 0 Å². The molecule has 3 amide bonds. The largest absolute Gasteiger partial charge is 0.480 e. The minimum absolute atomic E-state index is 0.0230. The zero-order valence-electron chi connectivity index (χ0n) is 17.6. The summed E-state index contributed by atoms with van der Waals surface area (Å²) in [5, 5.41) is 16.9. The van der Waals surface area contributed by atoms with Gasteiger partial charge in [0.1, 0.15) is 18.1 Å². The van der Waals surface area contributed by atoms with Crippen LogP contribution in [0.15, 0.2) is 0 Å². The third kappa shape index (κ3) is 12.2. The lowest BCUT2D eigenvalue weighted by Gasteiger charge is -2.24. The molecule has 0 aliphatic carbocycles. The Morgan fingerprint density at radius 2 is 1.16 bits per heavy atom. The van der Waals surface area contributed by atoms with Crippen LogP contribution >= 0.6 is 25.3 Å². The monoisotopic (exact) mass is 480 g/mol. The molecule has 0 aromatic heterocycles. The van der Waals surface area contributed by atoms with Crippen LogP contribution in [0.4, 0.5) is 0 Å². The third-order valence-electron chi connectivity index (χ3n) is 4.49. The van der Waals surface area contributed by atoms with Gasteiger partial charge in [-0.3, -0.25) is 14.4 Å². The first-order chi connectivity index (χ1) is 14.7. The van der Waals surface area contributed by atoms with Crippen molar-refractivity contribution in [3.63, 3.8) is 0 Å². The summed E-state index contributed by atoms with van der Waals surface area (Å²) in [6.07, 6.45) is 2.82. The van der Waals surface area contributed by atoms with Crippen molar-refractivity contribution in [1.29, 1.82) is 0 Å². The second-order valence-corrected chi connectivity index (χ2v) is 7.79. The van der Waals surface area contributed by atoms with Gasteiger partial charge in [-0.2, -0.15) is 25.3 Å². The number of carbonyl (C=O) groups is 4. The van der Waals surface area contributed by atoms with Gasteiger partial charge in [-0.25, -0.2) is 4.79 Å². The number of amides is 3. The molecule has 4 unspecified atom stereocenters. The molecule has 0 aliphatic heterocycles. The Hall–Kier alpha value is -1.54. The van der Waals surface area contributed by atoms with E-state index in [-0.39, 0.29) is 24.3 Å². The minimum Gasteiger partial charge on any atom is -0.480 e. The van der Waals surface area contributed by atoms with E-state index in [1.54, 1.807) is 0 Å². The molecule has 0 aromatic carbocycles. The molecule has 0 spiro atoms. The predicted octanol–water partition coefficient (Wildman–Crippen LogP) is -2.03. The van der Waals surface area contributed by atoms with Crippen molar-refractivity contribution in [2.45, 2.75) is 62.7 Å². The smallest absolute Gasteiger partial charge is 0.326 e. The summed E-state index contributed by atoms with van der Waals surface area (Å²) in [6, 6.07) is -4.01. The lowest BCUT2D eigenvalue weighted by Crippen LogP contribution is -2.57. The molecule has 180 valence electrons. The van der Waals surface area contributed by atoms with Crippen LogP contribution in [0.1, 0.15) is 38.5 Å². The number of nitrogens with two attached hydrogens (primary N) is 3. The van der Waals surface area contributed by atoms with E-state index in [2.05, 4.69) is 41.2 Å². The van der Waals surface area contributed by atoms with E-state index in [9.17, 15) is 24.3 Å². The molecule has 11 nitrogen and oxygen atoms in total. The first-order valence-corrected chi connectivity index (χ1v) is 11.5. The molecule has 0 saturated carbocycles. The van der Waals surface area contributed by atoms with Crippen LogP contribution in [0.2, 0.25) is 0 Å². The molecule has 0 aromatic rings. The minimum atomic E-state index is -1.17. The van der Waals surface area contributed by atoms with Gasteiger partial charge in [0.25, 0.3) is 0 Å². The van der Waals surface area contributed by atoms with E-state index < -0.39 is 47.9 Å². The van der Waals surface area contributed by atoms with Gasteiger partial charge in [0.15, 0.2) is 0 Å². The molecule has 13 heteroatoms. The summed E-state index contributed by atoms with van der Waals surface area (Å²) < 4.78 is 0. The van der Waals surface area contributed by atoms with Crippen LogP contribution in [0.25, 0.3) is 0 Å². The molecular formula is C18H36N6O5S2. The van der Waals surface area contributed by atoms with Crippen LogP contribution in [0.5, 0.6) is 0 Å². The van der Waals surface area contributed by atoms with Crippen LogP contribution < -0.4 is 33.2 Å². The normalized spacial score (nSPS) is 14.7. The van der Waals surface area contributed by atoms with Crippen molar-refractivity contribution in [2.24, 2.45) is 17.2 Å². The topological polar surface area (TPSA) is 203 Å². The van der Waals surface area contributed by atoms with Crippen molar-refractivity contribution < 1.29 is 24.3 Å². The summed E-state index contributed by atoms with van der Waals surface area (Å²) in [4.78, 5) is 48.8. The average Bonchev–Trinajstić information content (AvgIpc) is 2.74. The number of carboxylic acids is 1. The highest BCUT2D eigenvalue weighted by atomic mass is 32.1. The van der Waals surface area contributed by atoms with E-state index in [4.69, 9.17) is 17.2 Å². The highest BCUT2D eigenvalue weighted by Crippen LogP contribution is 2.06. The maximum atomic E-state index is 12.7. The van der Waals surface area contributed by atoms with Crippen LogP contribution in [-0.2, 0) is 19.2 Å². The number of unbranched alkanes of at least 4 members (excludes halogenated alkanes) is 2. The molecule has 0 heterocycles. The fraction of sp³-hybridized carbons (Fsp3) is 0.778. The summed E-state index contributed by atoms with van der Waals surface area (Å²) in [7, 11) is 0. The van der Waals surface area contributed by atoms with Gasteiger partial charge in [-0.15, -0.1) is 0 Å². The zero-order chi connectivity index (χ0) is 23.8. The number of carbonyl (C=O) groups excluding carboxylic acids is 3. The molecule has 0 fully saturated rings. The molecule has 10 N–H and O–H groups in total. The van der Waals surface area contributed by atoms with Crippen molar-refractivity contribution in [3.05, 3.63) is 0 Å². The highest BCUT2D eigenvalue weighted by molar-refractivity contribution is 7.80. The summed E-state index contributed by atoms with van der Waals surface area (Å²) in [5.74, 6) is -2.92. The van der Waals surface area contributed by atoms with Crippen molar-refractivity contribution in [2.75, 3.05) is 24.6 Å². The van der Waals surface area contributed by atoms with Gasteiger partial charge in [0, 0.05) is 11.5 Å². The fourth-order valence-corrected chi connectivity index (χ4v) is 3.04. The summed E-state index contributed by atoms with van der Waals surface area (Å²) in [6.45, 7) is 0.835. The SMILES string of the molecule is NCCCCC(NC(=O)C(CCCCN)NC(=O)C(CS)NC(=O)C(N)CS)C(=O)O. The Balaban J connectivity index is 5.19. The predicted molar refractivity (Wildman–Crippen MR) is 125 cm³/mol. The van der Waals surface area contributed by atoms with E-state index in [1.165, 1.54) is 0 Å². The number of nitrogens with one attached hydrogen (secondary N) is 3. The third-order valence-corrected chi connectivity index (χ3v) is 5.25. The Morgan fingerprint density at radius 3 is 1.61 bits per heavy atom. The number of hydrogen-bond acceptors (Lipinski definition) is 9. The second kappa shape index (κ2) is 17.1. The second-order valence-electron chi connectivity index (χ2n) is 7.06. The molecule has 0 saturated heterocycles. The van der Waals surface area contributed by atoms with Gasteiger partial charge < -0.3 is 38.3 Å². The van der Waals surface area contributed by atoms with E-state index in [0.717, 1.165) is 0 Å². The molecular weight excluding hydrogens is 444 g/mol. The molecule has 0 rings (SSSR count). The molecule has 0 bridgehead atoms. The Labute approximate surface area is 193 Å². The van der Waals surface area contributed by atoms with Crippen molar-refractivity contribution in [3.8, 4) is 0 Å². The lowest BCUT2D eigenvalue weighted by atomic mass is 10.1. The maximum absolute atomic E-state index is 12.7. The van der Waals surface area contributed by atoms with Crippen LogP contribution in [0.3, 0.4) is 0 Å². The molecule has 31 heavy (non-hydrogen) atoms. The Kier molecular flexibility index (Phi) is 16.2. The number of rotatable bonds is 17. The lowest BCUT2D eigenvalue weighted by molar-refractivity contribution is -0.142. The summed E-state index contributed by atoms with van der Waals surface area (Å²) in [5.41, 5.74) is 16.5. The standard InChI is InChI=1S/C18H36N6O5S2/c19-7-3-1-5-12(16(26)23-13(18(28)29)6-2-4-8-20)22-17(27)14(10-31)24-15(25)11(21)9-30/h11-14,30-31H,1-10,19-21H2,(H,22,27)(H,23,26)(H,24,25)(H,28,29). The highest BCUT2D eigenvalue weighted by Gasteiger charge is 2.29. The van der Waals surface area contributed by atoms with E-state index in [0.29, 0.717) is 38.8 Å². The first kappa shape index (κ1) is 29.5.